The van der Waals surface area contributed by atoms with E-state index in [4.69, 9.17) is 9.73 Å². The average Bonchev–Trinajstić information content (AvgIpc) is 3.16. The molecule has 0 aliphatic heterocycles. The van der Waals surface area contributed by atoms with Gasteiger partial charge in [0.05, 0.1) is 12.7 Å². The highest BCUT2D eigenvalue weighted by atomic mass is 79.9. The number of carbonyl (C=O) groups is 1. The summed E-state index contributed by atoms with van der Waals surface area (Å²) in [6.07, 6.45) is 4.83. The van der Waals surface area contributed by atoms with E-state index in [0.29, 0.717) is 5.92 Å². The molecule has 3 aromatic rings. The Kier molecular flexibility index (Phi) is 7.05. The van der Waals surface area contributed by atoms with Crippen molar-refractivity contribution in [2.24, 2.45) is 16.3 Å². The second-order valence-corrected chi connectivity index (χ2v) is 11.5. The van der Waals surface area contributed by atoms with Gasteiger partial charge in [-0.2, -0.15) is 0 Å². The largest absolute Gasteiger partial charge is 0.497 e. The van der Waals surface area contributed by atoms with Gasteiger partial charge in [-0.1, -0.05) is 36.7 Å². The van der Waals surface area contributed by atoms with Crippen LogP contribution in [0.1, 0.15) is 53.6 Å². The fourth-order valence-electron chi connectivity index (χ4n) is 4.19. The zero-order valence-electron chi connectivity index (χ0n) is 19.4. The lowest BCUT2D eigenvalue weighted by molar-refractivity contribution is 0.102. The number of nitrogens with zero attached hydrogens (tertiary/aromatic N) is 1. The molecule has 1 heterocycles. The summed E-state index contributed by atoms with van der Waals surface area (Å²) < 4.78 is 6.22. The van der Waals surface area contributed by atoms with Gasteiger partial charge in [-0.25, -0.2) is 4.99 Å². The van der Waals surface area contributed by atoms with E-state index in [-0.39, 0.29) is 11.3 Å². The zero-order valence-corrected chi connectivity index (χ0v) is 21.8. The van der Waals surface area contributed by atoms with E-state index >= 15 is 0 Å². The molecule has 6 heteroatoms. The molecule has 1 aliphatic carbocycles. The van der Waals surface area contributed by atoms with Crippen LogP contribution in [-0.2, 0) is 12.8 Å². The number of halogens is 1. The van der Waals surface area contributed by atoms with Gasteiger partial charge in [0, 0.05) is 21.3 Å². The Morgan fingerprint density at radius 3 is 2.48 bits per heavy atom. The van der Waals surface area contributed by atoms with Crippen molar-refractivity contribution in [2.45, 2.75) is 40.0 Å². The van der Waals surface area contributed by atoms with Crippen LogP contribution in [0.4, 0.5) is 10.7 Å². The van der Waals surface area contributed by atoms with Crippen molar-refractivity contribution in [3.05, 3.63) is 74.6 Å². The molecule has 0 fully saturated rings. The average molecular weight is 526 g/mol. The molecule has 1 aromatic heterocycles. The predicted molar refractivity (Wildman–Crippen MR) is 142 cm³/mol. The smallest absolute Gasteiger partial charge is 0.259 e. The number of methoxy groups -OCH3 is 1. The van der Waals surface area contributed by atoms with Crippen LogP contribution in [-0.4, -0.2) is 19.2 Å². The van der Waals surface area contributed by atoms with Crippen LogP contribution in [0.2, 0.25) is 0 Å². The van der Waals surface area contributed by atoms with Gasteiger partial charge in [0.2, 0.25) is 0 Å². The van der Waals surface area contributed by atoms with Crippen LogP contribution >= 0.6 is 27.3 Å². The molecule has 0 saturated heterocycles. The van der Waals surface area contributed by atoms with Gasteiger partial charge in [0.1, 0.15) is 10.8 Å². The van der Waals surface area contributed by atoms with Crippen LogP contribution in [0.25, 0.3) is 0 Å². The van der Waals surface area contributed by atoms with E-state index in [1.807, 2.05) is 54.7 Å². The Labute approximate surface area is 208 Å². The van der Waals surface area contributed by atoms with Crippen molar-refractivity contribution >= 4 is 50.1 Å². The van der Waals surface area contributed by atoms with Crippen molar-refractivity contribution in [3.63, 3.8) is 0 Å². The number of benzene rings is 2. The van der Waals surface area contributed by atoms with Gasteiger partial charge in [0.25, 0.3) is 5.91 Å². The quantitative estimate of drug-likeness (QED) is 0.348. The number of amides is 1. The van der Waals surface area contributed by atoms with Gasteiger partial charge >= 0.3 is 0 Å². The maximum atomic E-state index is 13.4. The standard InChI is InChI=1S/C27H29BrN2O2S/c1-27(2,3)18-7-14-22-23(15-18)33-26(29-16-17-5-12-21(32-4)13-6-17)24(22)25(31)30-20-10-8-19(28)9-11-20/h5-6,8-13,16,18H,7,14-15H2,1-4H3,(H,30,31). The van der Waals surface area contributed by atoms with Gasteiger partial charge < -0.3 is 10.1 Å². The summed E-state index contributed by atoms with van der Waals surface area (Å²) in [6, 6.07) is 15.4. The molecular weight excluding hydrogens is 496 g/mol. The first-order valence-electron chi connectivity index (χ1n) is 11.1. The third-order valence-electron chi connectivity index (χ3n) is 6.25. The van der Waals surface area contributed by atoms with Crippen molar-refractivity contribution in [3.8, 4) is 5.75 Å². The highest BCUT2D eigenvalue weighted by Crippen LogP contribution is 2.45. The van der Waals surface area contributed by atoms with E-state index in [9.17, 15) is 4.79 Å². The summed E-state index contributed by atoms with van der Waals surface area (Å²) in [7, 11) is 1.65. The lowest BCUT2D eigenvalue weighted by atomic mass is 9.72. The van der Waals surface area contributed by atoms with E-state index in [1.165, 1.54) is 4.88 Å². The number of ether oxygens (including phenoxy) is 1. The lowest BCUT2D eigenvalue weighted by Crippen LogP contribution is -2.27. The molecule has 1 N–H and O–H groups in total. The summed E-state index contributed by atoms with van der Waals surface area (Å²) in [5.41, 5.74) is 3.87. The lowest BCUT2D eigenvalue weighted by Gasteiger charge is -2.33. The Morgan fingerprint density at radius 2 is 1.85 bits per heavy atom. The highest BCUT2D eigenvalue weighted by molar-refractivity contribution is 9.10. The number of hydrogen-bond donors (Lipinski definition) is 1. The minimum Gasteiger partial charge on any atom is -0.497 e. The summed E-state index contributed by atoms with van der Waals surface area (Å²) >= 11 is 5.11. The number of rotatable bonds is 5. The van der Waals surface area contributed by atoms with Crippen LogP contribution < -0.4 is 10.1 Å². The summed E-state index contributed by atoms with van der Waals surface area (Å²) in [6.45, 7) is 6.92. The minimum atomic E-state index is -0.0917. The van der Waals surface area contributed by atoms with Crippen molar-refractivity contribution < 1.29 is 9.53 Å². The number of fused-ring (bicyclic) bond motifs is 1. The fraction of sp³-hybridized carbons (Fsp3) is 0.333. The summed E-state index contributed by atoms with van der Waals surface area (Å²) in [5.74, 6) is 1.32. The van der Waals surface area contributed by atoms with Crippen molar-refractivity contribution in [1.82, 2.24) is 0 Å². The molecule has 0 radical (unpaired) electrons. The summed E-state index contributed by atoms with van der Waals surface area (Å²) in [4.78, 5) is 19.5. The van der Waals surface area contributed by atoms with E-state index < -0.39 is 0 Å². The van der Waals surface area contributed by atoms with Crippen molar-refractivity contribution in [2.75, 3.05) is 12.4 Å². The van der Waals surface area contributed by atoms with Crippen LogP contribution in [0.15, 0.2) is 58.0 Å². The molecule has 33 heavy (non-hydrogen) atoms. The predicted octanol–water partition coefficient (Wildman–Crippen LogP) is 7.67. The number of nitrogens with one attached hydrogen (secondary N) is 1. The van der Waals surface area contributed by atoms with E-state index in [0.717, 1.165) is 56.9 Å². The SMILES string of the molecule is COc1ccc(C=Nc2sc3c(c2C(=O)Nc2ccc(Br)cc2)CCC(C(C)(C)C)C3)cc1. The maximum Gasteiger partial charge on any atom is 0.259 e. The second kappa shape index (κ2) is 9.82. The highest BCUT2D eigenvalue weighted by Gasteiger charge is 2.33. The number of aliphatic imine (C=N–C) groups is 1. The van der Waals surface area contributed by atoms with Crippen LogP contribution in [0.3, 0.4) is 0 Å². The van der Waals surface area contributed by atoms with Gasteiger partial charge in [-0.15, -0.1) is 11.3 Å². The molecule has 1 amide bonds. The fourth-order valence-corrected chi connectivity index (χ4v) is 5.72. The van der Waals surface area contributed by atoms with E-state index in [2.05, 4.69) is 42.0 Å². The molecule has 4 rings (SSSR count). The summed E-state index contributed by atoms with van der Waals surface area (Å²) in [5, 5.41) is 3.85. The molecule has 0 saturated carbocycles. The third kappa shape index (κ3) is 5.56. The Bertz CT molecular complexity index is 1160. The normalized spacial score (nSPS) is 16.0. The molecule has 1 atom stereocenters. The number of anilines is 1. The first-order chi connectivity index (χ1) is 15.7. The molecule has 0 spiro atoms. The molecule has 1 unspecified atom stereocenters. The maximum absolute atomic E-state index is 13.4. The minimum absolute atomic E-state index is 0.0917. The Hall–Kier alpha value is -2.44. The van der Waals surface area contributed by atoms with E-state index in [1.54, 1.807) is 18.4 Å². The zero-order chi connectivity index (χ0) is 23.6. The Balaban J connectivity index is 1.68. The molecular formula is C27H29BrN2O2S. The van der Waals surface area contributed by atoms with Gasteiger partial charge in [-0.3, -0.25) is 4.79 Å². The third-order valence-corrected chi connectivity index (χ3v) is 7.94. The van der Waals surface area contributed by atoms with Gasteiger partial charge in [-0.05, 0) is 90.3 Å². The molecule has 172 valence electrons. The topological polar surface area (TPSA) is 50.7 Å². The van der Waals surface area contributed by atoms with Gasteiger partial charge in [0.15, 0.2) is 0 Å². The monoisotopic (exact) mass is 524 g/mol. The number of carbonyl (C=O) groups excluding carboxylic acids is 1. The molecule has 0 bridgehead atoms. The van der Waals surface area contributed by atoms with Crippen LogP contribution in [0, 0.1) is 11.3 Å². The molecule has 4 nitrogen and oxygen atoms in total. The number of thiophene rings is 1. The van der Waals surface area contributed by atoms with Crippen molar-refractivity contribution in [1.29, 1.82) is 0 Å². The second-order valence-electron chi connectivity index (χ2n) is 9.48. The first kappa shape index (κ1) is 23.7. The first-order valence-corrected chi connectivity index (χ1v) is 12.7. The molecule has 2 aromatic carbocycles. The molecule has 1 aliphatic rings. The Morgan fingerprint density at radius 1 is 1.15 bits per heavy atom. The van der Waals surface area contributed by atoms with Crippen LogP contribution in [0.5, 0.6) is 5.75 Å². The number of hydrogen-bond acceptors (Lipinski definition) is 4.